The highest BCUT2D eigenvalue weighted by Gasteiger charge is 2.34. The number of nitrogens with zero attached hydrogens (tertiary/aromatic N) is 1. The topological polar surface area (TPSA) is 66.5 Å². The average Bonchev–Trinajstić information content (AvgIpc) is 2.93. The maximum Gasteiger partial charge on any atom is 0.293 e. The third-order valence-electron chi connectivity index (χ3n) is 4.01. The van der Waals surface area contributed by atoms with Crippen LogP contribution in [-0.2, 0) is 16.0 Å². The van der Waals surface area contributed by atoms with Crippen molar-refractivity contribution < 1.29 is 18.8 Å². The molecule has 1 N–H and O–H groups in total. The fourth-order valence-corrected chi connectivity index (χ4v) is 3.88. The van der Waals surface area contributed by atoms with Crippen molar-refractivity contribution in [3.05, 3.63) is 74.9 Å². The van der Waals surface area contributed by atoms with Crippen LogP contribution in [0.5, 0.6) is 0 Å². The van der Waals surface area contributed by atoms with Gasteiger partial charge in [-0.1, -0.05) is 46.3 Å². The summed E-state index contributed by atoms with van der Waals surface area (Å²) >= 11 is 4.22. The fourth-order valence-electron chi connectivity index (χ4n) is 2.59. The molecule has 1 aliphatic heterocycles. The Kier molecular flexibility index (Phi) is 6.64. The van der Waals surface area contributed by atoms with E-state index >= 15 is 0 Å². The van der Waals surface area contributed by atoms with E-state index in [4.69, 9.17) is 0 Å². The first-order valence-electron chi connectivity index (χ1n) is 8.45. The smallest absolute Gasteiger partial charge is 0.293 e. The van der Waals surface area contributed by atoms with E-state index in [1.54, 1.807) is 6.08 Å². The molecular weight excluding hydrogens is 447 g/mol. The molecule has 1 fully saturated rings. The summed E-state index contributed by atoms with van der Waals surface area (Å²) in [6.07, 6.45) is 1.75. The van der Waals surface area contributed by atoms with E-state index in [1.165, 1.54) is 24.3 Å². The lowest BCUT2D eigenvalue weighted by atomic mass is 10.1. The molecule has 0 unspecified atom stereocenters. The summed E-state index contributed by atoms with van der Waals surface area (Å²) in [5, 5.41) is 2.33. The third kappa shape index (κ3) is 5.08. The fraction of sp³-hybridized carbons (Fsp3) is 0.150. The molecule has 8 heteroatoms. The van der Waals surface area contributed by atoms with Gasteiger partial charge < -0.3 is 5.32 Å². The molecule has 2 aromatic carbocycles. The summed E-state index contributed by atoms with van der Waals surface area (Å²) in [7, 11) is 0. The molecule has 144 valence electrons. The molecule has 0 radical (unpaired) electrons. The van der Waals surface area contributed by atoms with Gasteiger partial charge in [-0.3, -0.25) is 19.3 Å². The van der Waals surface area contributed by atoms with Crippen LogP contribution in [0.4, 0.5) is 9.18 Å². The average molecular weight is 463 g/mol. The Morgan fingerprint density at radius 3 is 2.57 bits per heavy atom. The Morgan fingerprint density at radius 1 is 1.14 bits per heavy atom. The first-order valence-corrected chi connectivity index (χ1v) is 10.1. The lowest BCUT2D eigenvalue weighted by molar-refractivity contribution is -0.124. The summed E-state index contributed by atoms with van der Waals surface area (Å²) in [5.74, 6) is -0.983. The summed E-state index contributed by atoms with van der Waals surface area (Å²) in [6, 6.07) is 13.1. The van der Waals surface area contributed by atoms with E-state index in [-0.39, 0.29) is 36.1 Å². The lowest BCUT2D eigenvalue weighted by Gasteiger charge is -2.13. The van der Waals surface area contributed by atoms with Crippen molar-refractivity contribution in [2.75, 3.05) is 13.1 Å². The van der Waals surface area contributed by atoms with Gasteiger partial charge in [0.1, 0.15) is 5.82 Å². The third-order valence-corrected chi connectivity index (χ3v) is 5.69. The Bertz CT molecular complexity index is 947. The summed E-state index contributed by atoms with van der Waals surface area (Å²) in [6.45, 7) is 0.262. The number of rotatable bonds is 6. The minimum absolute atomic E-state index is 0.0904. The first-order chi connectivity index (χ1) is 13.4. The van der Waals surface area contributed by atoms with Gasteiger partial charge in [0, 0.05) is 17.6 Å². The number of amides is 3. The molecule has 28 heavy (non-hydrogen) atoms. The highest BCUT2D eigenvalue weighted by Crippen LogP contribution is 2.31. The van der Waals surface area contributed by atoms with Crippen LogP contribution in [-0.4, -0.2) is 35.0 Å². The molecule has 0 spiro atoms. The van der Waals surface area contributed by atoms with Gasteiger partial charge in [-0.2, -0.15) is 0 Å². The van der Waals surface area contributed by atoms with E-state index in [2.05, 4.69) is 21.2 Å². The van der Waals surface area contributed by atoms with Gasteiger partial charge >= 0.3 is 0 Å². The predicted octanol–water partition coefficient (Wildman–Crippen LogP) is 3.98. The van der Waals surface area contributed by atoms with Crippen molar-refractivity contribution in [2.24, 2.45) is 0 Å². The van der Waals surface area contributed by atoms with E-state index in [1.807, 2.05) is 24.3 Å². The number of imide groups is 1. The van der Waals surface area contributed by atoms with Gasteiger partial charge in [0.15, 0.2) is 0 Å². The molecule has 0 saturated carbocycles. The molecule has 5 nitrogen and oxygen atoms in total. The van der Waals surface area contributed by atoms with Crippen LogP contribution >= 0.6 is 27.7 Å². The zero-order valence-electron chi connectivity index (χ0n) is 14.7. The zero-order valence-corrected chi connectivity index (χ0v) is 17.1. The van der Waals surface area contributed by atoms with Crippen molar-refractivity contribution >= 4 is 50.8 Å². The quantitative estimate of drug-likeness (QED) is 0.659. The molecule has 1 heterocycles. The summed E-state index contributed by atoms with van der Waals surface area (Å²) in [5.41, 5.74) is 1.49. The monoisotopic (exact) mass is 462 g/mol. The highest BCUT2D eigenvalue weighted by atomic mass is 79.9. The Morgan fingerprint density at radius 2 is 1.86 bits per heavy atom. The molecule has 2 aromatic rings. The van der Waals surface area contributed by atoms with Gasteiger partial charge in [-0.05, 0) is 47.2 Å². The molecule has 0 aliphatic carbocycles. The van der Waals surface area contributed by atoms with Crippen molar-refractivity contribution in [2.45, 2.75) is 6.42 Å². The highest BCUT2D eigenvalue weighted by molar-refractivity contribution is 9.10. The summed E-state index contributed by atoms with van der Waals surface area (Å²) in [4.78, 5) is 38.0. The Balaban J connectivity index is 1.54. The number of nitrogens with one attached hydrogen (secondary N) is 1. The molecular formula is C20H16BrFN2O3S. The van der Waals surface area contributed by atoms with Gasteiger partial charge in [-0.15, -0.1) is 0 Å². The number of carbonyl (C=O) groups is 3. The molecule has 0 atom stereocenters. The number of benzene rings is 2. The van der Waals surface area contributed by atoms with Crippen molar-refractivity contribution in [3.63, 3.8) is 0 Å². The number of hydrogen-bond acceptors (Lipinski definition) is 4. The molecule has 1 saturated heterocycles. The van der Waals surface area contributed by atoms with Gasteiger partial charge in [0.2, 0.25) is 5.91 Å². The van der Waals surface area contributed by atoms with E-state index in [0.29, 0.717) is 5.56 Å². The second-order valence-corrected chi connectivity index (χ2v) is 7.85. The normalized spacial score (nSPS) is 15.4. The largest absolute Gasteiger partial charge is 0.354 e. The lowest BCUT2D eigenvalue weighted by Crippen LogP contribution is -2.37. The van der Waals surface area contributed by atoms with E-state index in [0.717, 1.165) is 26.7 Å². The van der Waals surface area contributed by atoms with E-state index in [9.17, 15) is 18.8 Å². The zero-order chi connectivity index (χ0) is 20.1. The molecule has 3 amide bonds. The van der Waals surface area contributed by atoms with Gasteiger partial charge in [0.25, 0.3) is 11.1 Å². The van der Waals surface area contributed by atoms with Crippen LogP contribution in [0.2, 0.25) is 0 Å². The predicted molar refractivity (Wildman–Crippen MR) is 110 cm³/mol. The van der Waals surface area contributed by atoms with Crippen LogP contribution in [0.3, 0.4) is 0 Å². The maximum absolute atomic E-state index is 13.0. The van der Waals surface area contributed by atoms with Crippen LogP contribution in [0.25, 0.3) is 6.08 Å². The molecule has 3 rings (SSSR count). The number of thioether (sulfide) groups is 1. The van der Waals surface area contributed by atoms with Crippen molar-refractivity contribution in [1.82, 2.24) is 10.2 Å². The maximum atomic E-state index is 13.0. The number of carbonyl (C=O) groups excluding carboxylic acids is 3. The van der Waals surface area contributed by atoms with Crippen LogP contribution in [0.1, 0.15) is 11.1 Å². The van der Waals surface area contributed by atoms with Crippen LogP contribution in [0.15, 0.2) is 57.9 Å². The number of hydrogen-bond donors (Lipinski definition) is 1. The van der Waals surface area contributed by atoms with E-state index < -0.39 is 11.1 Å². The second-order valence-electron chi connectivity index (χ2n) is 6.00. The molecule has 0 aromatic heterocycles. The summed E-state index contributed by atoms with van der Waals surface area (Å²) < 4.78 is 13.8. The van der Waals surface area contributed by atoms with Crippen molar-refractivity contribution in [1.29, 1.82) is 0 Å². The molecule has 0 bridgehead atoms. The molecule has 1 aliphatic rings. The minimum Gasteiger partial charge on any atom is -0.354 e. The first kappa shape index (κ1) is 20.3. The SMILES string of the molecule is O=C(Cc1ccccc1Br)NCCN1C(=O)S/C(=C\c2ccc(F)cc2)C1=O. The standard InChI is InChI=1S/C20H16BrFN2O3S/c21-16-4-2-1-3-14(16)12-18(25)23-9-10-24-19(26)17(28-20(24)27)11-13-5-7-15(22)8-6-13/h1-8,11H,9-10,12H2,(H,23,25)/b17-11-. The van der Waals surface area contributed by atoms with Crippen LogP contribution < -0.4 is 5.32 Å². The van der Waals surface area contributed by atoms with Crippen molar-refractivity contribution in [3.8, 4) is 0 Å². The second kappa shape index (κ2) is 9.16. The number of halogens is 2. The van der Waals surface area contributed by atoms with Gasteiger partial charge in [0.05, 0.1) is 11.3 Å². The van der Waals surface area contributed by atoms with Gasteiger partial charge in [-0.25, -0.2) is 4.39 Å². The Hall–Kier alpha value is -2.45. The minimum atomic E-state index is -0.417. The van der Waals surface area contributed by atoms with Crippen LogP contribution in [0, 0.1) is 5.82 Å². The Labute approximate surface area is 174 Å².